The van der Waals surface area contributed by atoms with Crippen molar-refractivity contribution in [2.45, 2.75) is 32.7 Å². The van der Waals surface area contributed by atoms with Crippen molar-refractivity contribution < 1.29 is 32.0 Å². The van der Waals surface area contributed by atoms with Crippen molar-refractivity contribution in [2.24, 2.45) is 0 Å². The molecule has 0 aliphatic heterocycles. The lowest BCUT2D eigenvalue weighted by atomic mass is 10.1. The van der Waals surface area contributed by atoms with Crippen molar-refractivity contribution >= 4 is 5.91 Å². The number of nitrogens with zero attached hydrogens (tertiary/aromatic N) is 1. The van der Waals surface area contributed by atoms with Crippen LogP contribution in [0.2, 0.25) is 0 Å². The average molecular weight is 372 g/mol. The fourth-order valence-corrected chi connectivity index (χ4v) is 2.36. The van der Waals surface area contributed by atoms with E-state index in [1.54, 1.807) is 6.92 Å². The molecule has 0 aliphatic carbocycles. The number of methoxy groups -OCH3 is 1. The molecule has 2 rings (SSSR count). The van der Waals surface area contributed by atoms with E-state index >= 15 is 0 Å². The van der Waals surface area contributed by atoms with Gasteiger partial charge in [0.2, 0.25) is 0 Å². The van der Waals surface area contributed by atoms with Gasteiger partial charge in [-0.3, -0.25) is 4.79 Å². The van der Waals surface area contributed by atoms with E-state index in [1.165, 1.54) is 19.2 Å². The molecule has 1 atom stereocenters. The molecule has 0 fully saturated rings. The highest BCUT2D eigenvalue weighted by Crippen LogP contribution is 2.29. The van der Waals surface area contributed by atoms with Crippen molar-refractivity contribution in [1.29, 1.82) is 0 Å². The molecule has 9 heteroatoms. The second-order valence-electron chi connectivity index (χ2n) is 5.58. The maximum absolute atomic E-state index is 12.6. The Bertz CT molecular complexity index is 741. The first-order valence-electron chi connectivity index (χ1n) is 7.87. The first-order valence-corrected chi connectivity index (χ1v) is 7.87. The number of aromatic nitrogens is 1. The molecular formula is C17H19F3N2O4. The maximum Gasteiger partial charge on any atom is 0.573 e. The number of alkyl halides is 3. The lowest BCUT2D eigenvalue weighted by Crippen LogP contribution is -2.37. The van der Waals surface area contributed by atoms with E-state index in [1.807, 2.05) is 6.92 Å². The largest absolute Gasteiger partial charge is 0.573 e. The topological polar surface area (TPSA) is 73.6 Å². The van der Waals surface area contributed by atoms with Crippen LogP contribution in [0.5, 0.6) is 5.75 Å². The van der Waals surface area contributed by atoms with Gasteiger partial charge in [0.1, 0.15) is 11.3 Å². The van der Waals surface area contributed by atoms with Crippen LogP contribution in [-0.2, 0) is 4.74 Å². The van der Waals surface area contributed by atoms with Crippen LogP contribution in [0.25, 0.3) is 11.3 Å². The normalized spacial score (nSPS) is 12.7. The highest BCUT2D eigenvalue weighted by Gasteiger charge is 2.31. The number of nitrogens with one attached hydrogen (secondary N) is 1. The van der Waals surface area contributed by atoms with E-state index in [0.29, 0.717) is 24.3 Å². The molecule has 2 aromatic rings. The summed E-state index contributed by atoms with van der Waals surface area (Å²) >= 11 is 0. The lowest BCUT2D eigenvalue weighted by molar-refractivity contribution is -0.274. The minimum Gasteiger partial charge on any atom is -0.406 e. The van der Waals surface area contributed by atoms with E-state index in [-0.39, 0.29) is 23.1 Å². The molecule has 1 aromatic carbocycles. The Morgan fingerprint density at radius 1 is 1.31 bits per heavy atom. The molecule has 6 nitrogen and oxygen atoms in total. The number of amides is 1. The maximum atomic E-state index is 12.6. The van der Waals surface area contributed by atoms with Gasteiger partial charge in [0.05, 0.1) is 18.3 Å². The third-order valence-electron chi connectivity index (χ3n) is 3.64. The van der Waals surface area contributed by atoms with Crippen LogP contribution in [0.1, 0.15) is 29.4 Å². The van der Waals surface area contributed by atoms with Crippen LogP contribution >= 0.6 is 0 Å². The second-order valence-corrected chi connectivity index (χ2v) is 5.58. The van der Waals surface area contributed by atoms with Crippen molar-refractivity contribution in [3.8, 4) is 17.1 Å². The van der Waals surface area contributed by atoms with Crippen molar-refractivity contribution in [3.63, 3.8) is 0 Å². The van der Waals surface area contributed by atoms with Crippen LogP contribution in [0.3, 0.4) is 0 Å². The average Bonchev–Trinajstić information content (AvgIpc) is 2.95. The van der Waals surface area contributed by atoms with Crippen LogP contribution in [-0.4, -0.2) is 37.2 Å². The minimum absolute atomic E-state index is 0.172. The monoisotopic (exact) mass is 372 g/mol. The summed E-state index contributed by atoms with van der Waals surface area (Å²) in [5, 5.41) is 6.62. The van der Waals surface area contributed by atoms with Gasteiger partial charge in [0.25, 0.3) is 5.91 Å². The quantitative estimate of drug-likeness (QED) is 0.802. The smallest absolute Gasteiger partial charge is 0.406 e. The summed E-state index contributed by atoms with van der Waals surface area (Å²) in [4.78, 5) is 12.6. The summed E-state index contributed by atoms with van der Waals surface area (Å²) < 4.78 is 50.8. The summed E-state index contributed by atoms with van der Waals surface area (Å²) in [5.41, 5.74) is 1.01. The number of hydrogen-bond acceptors (Lipinski definition) is 5. The Labute approximate surface area is 148 Å². The zero-order valence-corrected chi connectivity index (χ0v) is 14.5. The SMILES string of the molecule is CCC(COC)NC(=O)c1c(C)noc1-c1ccc(OC(F)(F)F)cc1. The summed E-state index contributed by atoms with van der Waals surface area (Å²) in [6, 6.07) is 4.83. The zero-order chi connectivity index (χ0) is 19.3. The molecule has 0 aliphatic rings. The first kappa shape index (κ1) is 19.8. The van der Waals surface area contributed by atoms with E-state index in [2.05, 4.69) is 15.2 Å². The summed E-state index contributed by atoms with van der Waals surface area (Å²) in [6.07, 6.45) is -4.10. The predicted molar refractivity (Wildman–Crippen MR) is 86.8 cm³/mol. The van der Waals surface area contributed by atoms with Gasteiger partial charge in [0.15, 0.2) is 5.76 Å². The molecule has 142 valence electrons. The summed E-state index contributed by atoms with van der Waals surface area (Å²) in [6.45, 7) is 3.87. The van der Waals surface area contributed by atoms with Crippen LogP contribution in [0.15, 0.2) is 28.8 Å². The Morgan fingerprint density at radius 2 is 1.96 bits per heavy atom. The minimum atomic E-state index is -4.77. The molecule has 1 unspecified atom stereocenters. The third kappa shape index (κ3) is 4.98. The van der Waals surface area contributed by atoms with Crippen LogP contribution in [0.4, 0.5) is 13.2 Å². The number of benzene rings is 1. The standard InChI is InChI=1S/C17H19F3N2O4/c1-4-12(9-24-3)21-16(23)14-10(2)22-26-15(14)11-5-7-13(8-6-11)25-17(18,19)20/h5-8,12H,4,9H2,1-3H3,(H,21,23). The van der Waals surface area contributed by atoms with Crippen molar-refractivity contribution in [2.75, 3.05) is 13.7 Å². The predicted octanol–water partition coefficient (Wildman–Crippen LogP) is 3.70. The van der Waals surface area contributed by atoms with Gasteiger partial charge in [-0.05, 0) is 37.6 Å². The van der Waals surface area contributed by atoms with Gasteiger partial charge in [-0.2, -0.15) is 0 Å². The number of hydrogen-bond donors (Lipinski definition) is 1. The van der Waals surface area contributed by atoms with Crippen molar-refractivity contribution in [3.05, 3.63) is 35.5 Å². The molecule has 1 heterocycles. The van der Waals surface area contributed by atoms with Gasteiger partial charge in [-0.1, -0.05) is 12.1 Å². The van der Waals surface area contributed by atoms with Gasteiger partial charge < -0.3 is 19.3 Å². The zero-order valence-electron chi connectivity index (χ0n) is 14.5. The molecule has 0 saturated carbocycles. The Morgan fingerprint density at radius 3 is 2.50 bits per heavy atom. The Balaban J connectivity index is 2.25. The fourth-order valence-electron chi connectivity index (χ4n) is 2.36. The van der Waals surface area contributed by atoms with Gasteiger partial charge in [-0.15, -0.1) is 13.2 Å². The summed E-state index contributed by atoms with van der Waals surface area (Å²) in [5.74, 6) is -0.585. The van der Waals surface area contributed by atoms with Crippen LogP contribution in [0, 0.1) is 6.92 Å². The fraction of sp³-hybridized carbons (Fsp3) is 0.412. The van der Waals surface area contributed by atoms with E-state index in [0.717, 1.165) is 12.1 Å². The van der Waals surface area contributed by atoms with E-state index < -0.39 is 12.3 Å². The number of carbonyl (C=O) groups is 1. The number of aryl methyl sites for hydroxylation is 1. The Kier molecular flexibility index (Phi) is 6.25. The first-order chi connectivity index (χ1) is 12.2. The van der Waals surface area contributed by atoms with Gasteiger partial charge in [0, 0.05) is 12.7 Å². The number of halogens is 3. The molecule has 1 N–H and O–H groups in total. The van der Waals surface area contributed by atoms with Crippen molar-refractivity contribution in [1.82, 2.24) is 10.5 Å². The molecule has 1 amide bonds. The van der Waals surface area contributed by atoms with E-state index in [9.17, 15) is 18.0 Å². The second kappa shape index (κ2) is 8.22. The molecule has 0 radical (unpaired) electrons. The Hall–Kier alpha value is -2.55. The molecular weight excluding hydrogens is 353 g/mol. The third-order valence-corrected chi connectivity index (χ3v) is 3.64. The number of rotatable bonds is 7. The van der Waals surface area contributed by atoms with Crippen LogP contribution < -0.4 is 10.1 Å². The molecule has 0 spiro atoms. The number of ether oxygens (including phenoxy) is 2. The molecule has 26 heavy (non-hydrogen) atoms. The van der Waals surface area contributed by atoms with E-state index in [4.69, 9.17) is 9.26 Å². The molecule has 0 saturated heterocycles. The van der Waals surface area contributed by atoms with Gasteiger partial charge >= 0.3 is 6.36 Å². The molecule has 0 bridgehead atoms. The van der Waals surface area contributed by atoms with Gasteiger partial charge in [-0.25, -0.2) is 0 Å². The number of carbonyl (C=O) groups excluding carboxylic acids is 1. The molecule has 1 aromatic heterocycles. The highest BCUT2D eigenvalue weighted by molar-refractivity contribution is 6.00. The summed E-state index contributed by atoms with van der Waals surface area (Å²) in [7, 11) is 1.54. The lowest BCUT2D eigenvalue weighted by Gasteiger charge is -2.16. The highest BCUT2D eigenvalue weighted by atomic mass is 19.4.